The number of thioether (sulfide) groups is 1. The van der Waals surface area contributed by atoms with Crippen molar-refractivity contribution in [1.29, 1.82) is 0 Å². The molecule has 1 N–H and O–H groups in total. The van der Waals surface area contributed by atoms with Gasteiger partial charge in [-0.05, 0) is 61.1 Å². The summed E-state index contributed by atoms with van der Waals surface area (Å²) in [4.78, 5) is 20.6. The number of hydrogen-bond acceptors (Lipinski definition) is 6. The van der Waals surface area contributed by atoms with Gasteiger partial charge in [-0.25, -0.2) is 4.79 Å². The molecule has 0 bridgehead atoms. The van der Waals surface area contributed by atoms with Crippen LogP contribution in [0.2, 0.25) is 0 Å². The molecule has 0 fully saturated rings. The molecular formula is C25H28N4O3S. The van der Waals surface area contributed by atoms with Crippen molar-refractivity contribution >= 4 is 23.4 Å². The zero-order valence-corrected chi connectivity index (χ0v) is 20.3. The minimum absolute atomic E-state index is 0.126. The van der Waals surface area contributed by atoms with Gasteiger partial charge in [0.2, 0.25) is 5.82 Å². The molecule has 1 aromatic heterocycles. The number of carbonyl (C=O) groups excluding carboxylic acids is 1. The SMILES string of the molecule is COc1ccc(-c2noc(C3=C(C)N(CC(C)C)C(=O)NC3c3ccc(SC)cc3)n2)cc1. The van der Waals surface area contributed by atoms with Crippen molar-refractivity contribution in [2.75, 3.05) is 19.9 Å². The van der Waals surface area contributed by atoms with Crippen molar-refractivity contribution in [3.05, 3.63) is 65.7 Å². The molecule has 1 atom stereocenters. The molecule has 33 heavy (non-hydrogen) atoms. The zero-order valence-electron chi connectivity index (χ0n) is 19.5. The maximum Gasteiger partial charge on any atom is 0.322 e. The van der Waals surface area contributed by atoms with E-state index < -0.39 is 0 Å². The van der Waals surface area contributed by atoms with Crippen LogP contribution in [0.4, 0.5) is 4.79 Å². The Labute approximate surface area is 198 Å². The van der Waals surface area contributed by atoms with Crippen LogP contribution < -0.4 is 10.1 Å². The molecule has 0 saturated heterocycles. The van der Waals surface area contributed by atoms with Crippen LogP contribution in [0, 0.1) is 5.92 Å². The lowest BCUT2D eigenvalue weighted by atomic mass is 9.94. The average Bonchev–Trinajstić information content (AvgIpc) is 3.31. The molecule has 2 amide bonds. The first kappa shape index (κ1) is 22.9. The van der Waals surface area contributed by atoms with Gasteiger partial charge < -0.3 is 14.6 Å². The summed E-state index contributed by atoms with van der Waals surface area (Å²) in [6, 6.07) is 15.1. The van der Waals surface area contributed by atoms with E-state index in [1.54, 1.807) is 23.8 Å². The summed E-state index contributed by atoms with van der Waals surface area (Å²) in [6.45, 7) is 6.71. The molecule has 1 unspecified atom stereocenters. The van der Waals surface area contributed by atoms with E-state index in [1.807, 2.05) is 49.6 Å². The van der Waals surface area contributed by atoms with Crippen molar-refractivity contribution in [1.82, 2.24) is 20.4 Å². The summed E-state index contributed by atoms with van der Waals surface area (Å²) in [5.74, 6) is 1.94. The first-order chi connectivity index (χ1) is 15.9. The fourth-order valence-electron chi connectivity index (χ4n) is 3.88. The molecule has 8 heteroatoms. The van der Waals surface area contributed by atoms with Gasteiger partial charge in [-0.1, -0.05) is 31.1 Å². The molecule has 1 aliphatic heterocycles. The maximum absolute atomic E-state index is 13.0. The van der Waals surface area contributed by atoms with E-state index in [0.29, 0.717) is 24.2 Å². The Morgan fingerprint density at radius 3 is 2.45 bits per heavy atom. The monoisotopic (exact) mass is 464 g/mol. The van der Waals surface area contributed by atoms with Crippen molar-refractivity contribution in [2.45, 2.75) is 31.7 Å². The Morgan fingerprint density at radius 1 is 1.15 bits per heavy atom. The third kappa shape index (κ3) is 4.75. The Morgan fingerprint density at radius 2 is 1.85 bits per heavy atom. The number of rotatable bonds is 7. The third-order valence-electron chi connectivity index (χ3n) is 5.60. The van der Waals surface area contributed by atoms with Gasteiger partial charge >= 0.3 is 6.03 Å². The van der Waals surface area contributed by atoms with E-state index in [1.165, 1.54) is 0 Å². The number of ether oxygens (including phenoxy) is 1. The fourth-order valence-corrected chi connectivity index (χ4v) is 4.29. The number of benzene rings is 2. The number of hydrogen-bond donors (Lipinski definition) is 1. The van der Waals surface area contributed by atoms with Crippen LogP contribution in [0.5, 0.6) is 5.75 Å². The maximum atomic E-state index is 13.0. The first-order valence-corrected chi connectivity index (χ1v) is 12.0. The van der Waals surface area contributed by atoms with Gasteiger partial charge in [-0.3, -0.25) is 4.90 Å². The Bertz CT molecular complexity index is 1150. The average molecular weight is 465 g/mol. The standard InChI is InChI=1S/C25H28N4O3S/c1-15(2)14-29-16(3)21(22(26-25(29)30)17-8-12-20(33-5)13-9-17)24-27-23(28-32-24)18-6-10-19(31-4)11-7-18/h6-13,15,22H,14H2,1-5H3,(H,26,30). The Hall–Kier alpha value is -3.26. The number of allylic oxidation sites excluding steroid dienone is 1. The van der Waals surface area contributed by atoms with Crippen LogP contribution in [-0.4, -0.2) is 41.0 Å². The molecule has 1 aliphatic rings. The second-order valence-electron chi connectivity index (χ2n) is 8.31. The molecule has 0 saturated carbocycles. The summed E-state index contributed by atoms with van der Waals surface area (Å²) >= 11 is 1.68. The molecule has 4 rings (SSSR count). The summed E-state index contributed by atoms with van der Waals surface area (Å²) < 4.78 is 11.0. The largest absolute Gasteiger partial charge is 0.497 e. The molecule has 0 spiro atoms. The van der Waals surface area contributed by atoms with E-state index in [-0.39, 0.29) is 12.1 Å². The minimum atomic E-state index is -0.388. The minimum Gasteiger partial charge on any atom is -0.497 e. The van der Waals surface area contributed by atoms with Crippen LogP contribution >= 0.6 is 11.8 Å². The number of methoxy groups -OCH3 is 1. The van der Waals surface area contributed by atoms with Crippen LogP contribution in [0.25, 0.3) is 17.0 Å². The molecule has 2 aromatic carbocycles. The predicted octanol–water partition coefficient (Wildman–Crippen LogP) is 5.62. The van der Waals surface area contributed by atoms with Crippen molar-refractivity contribution < 1.29 is 14.1 Å². The van der Waals surface area contributed by atoms with E-state index in [0.717, 1.165) is 33.0 Å². The summed E-state index contributed by atoms with van der Waals surface area (Å²) in [5, 5.41) is 7.36. The van der Waals surface area contributed by atoms with Gasteiger partial charge in [-0.2, -0.15) is 4.98 Å². The van der Waals surface area contributed by atoms with Crippen molar-refractivity contribution in [3.8, 4) is 17.1 Å². The zero-order chi connectivity index (χ0) is 23.5. The number of amides is 2. The smallest absolute Gasteiger partial charge is 0.322 e. The highest BCUT2D eigenvalue weighted by Gasteiger charge is 2.35. The normalized spacial score (nSPS) is 16.4. The highest BCUT2D eigenvalue weighted by Crippen LogP contribution is 2.38. The van der Waals surface area contributed by atoms with Gasteiger partial charge in [0.05, 0.1) is 18.7 Å². The summed E-state index contributed by atoms with van der Waals surface area (Å²) in [7, 11) is 1.63. The Kier molecular flexibility index (Phi) is 6.74. The number of nitrogens with one attached hydrogen (secondary N) is 1. The number of carbonyl (C=O) groups is 1. The molecule has 0 radical (unpaired) electrons. The first-order valence-electron chi connectivity index (χ1n) is 10.8. The van der Waals surface area contributed by atoms with E-state index in [4.69, 9.17) is 14.2 Å². The summed E-state index contributed by atoms with van der Waals surface area (Å²) in [5.41, 5.74) is 3.41. The quantitative estimate of drug-likeness (QED) is 0.457. The van der Waals surface area contributed by atoms with E-state index in [9.17, 15) is 4.79 Å². The lowest BCUT2D eigenvalue weighted by Gasteiger charge is -2.36. The Balaban J connectivity index is 1.77. The molecule has 3 aromatic rings. The highest BCUT2D eigenvalue weighted by molar-refractivity contribution is 7.98. The number of urea groups is 1. The lowest BCUT2D eigenvalue weighted by molar-refractivity contribution is 0.199. The third-order valence-corrected chi connectivity index (χ3v) is 6.34. The van der Waals surface area contributed by atoms with Gasteiger partial charge in [0.1, 0.15) is 5.75 Å². The van der Waals surface area contributed by atoms with Crippen LogP contribution in [0.3, 0.4) is 0 Å². The summed E-state index contributed by atoms with van der Waals surface area (Å²) in [6.07, 6.45) is 2.04. The van der Waals surface area contributed by atoms with E-state index >= 15 is 0 Å². The van der Waals surface area contributed by atoms with Gasteiger partial charge in [-0.15, -0.1) is 11.8 Å². The molecule has 7 nitrogen and oxygen atoms in total. The number of aromatic nitrogens is 2. The highest BCUT2D eigenvalue weighted by atomic mass is 32.2. The predicted molar refractivity (Wildman–Crippen MR) is 130 cm³/mol. The molecule has 0 aliphatic carbocycles. The van der Waals surface area contributed by atoms with Crippen LogP contribution in [0.15, 0.2) is 63.6 Å². The molecule has 2 heterocycles. The second kappa shape index (κ2) is 9.70. The number of nitrogens with zero attached hydrogens (tertiary/aromatic N) is 3. The lowest BCUT2D eigenvalue weighted by Crippen LogP contribution is -2.47. The van der Waals surface area contributed by atoms with E-state index in [2.05, 4.69) is 36.5 Å². The van der Waals surface area contributed by atoms with Crippen molar-refractivity contribution in [3.63, 3.8) is 0 Å². The van der Waals surface area contributed by atoms with Gasteiger partial charge in [0.15, 0.2) is 0 Å². The fraction of sp³-hybridized carbons (Fsp3) is 0.320. The molecular weight excluding hydrogens is 436 g/mol. The van der Waals surface area contributed by atoms with Crippen LogP contribution in [-0.2, 0) is 0 Å². The molecule has 172 valence electrons. The van der Waals surface area contributed by atoms with Gasteiger partial charge in [0, 0.05) is 22.7 Å². The van der Waals surface area contributed by atoms with Crippen LogP contribution in [0.1, 0.15) is 38.3 Å². The van der Waals surface area contributed by atoms with Gasteiger partial charge in [0.25, 0.3) is 5.89 Å². The van der Waals surface area contributed by atoms with Crippen molar-refractivity contribution in [2.24, 2.45) is 5.92 Å². The second-order valence-corrected chi connectivity index (χ2v) is 9.19. The topological polar surface area (TPSA) is 80.5 Å².